The molecule has 0 spiro atoms. The molecule has 2 nitrogen and oxygen atoms in total. The molecule has 21 heavy (non-hydrogen) atoms. The van der Waals surface area contributed by atoms with Crippen LogP contribution < -0.4 is 5.32 Å². The number of nitrogens with one attached hydrogen (secondary N) is 1. The maximum atomic E-state index is 13.2. The molecule has 0 saturated heterocycles. The van der Waals surface area contributed by atoms with Crippen LogP contribution in [0.3, 0.4) is 0 Å². The zero-order valence-corrected chi connectivity index (χ0v) is 12.9. The highest BCUT2D eigenvalue weighted by Crippen LogP contribution is 2.37. The highest BCUT2D eigenvalue weighted by Gasteiger charge is 2.35. The monoisotopic (exact) mass is 358 g/mol. The first-order valence-electron chi connectivity index (χ1n) is 6.34. The van der Waals surface area contributed by atoms with E-state index in [1.165, 1.54) is 6.07 Å². The Labute approximate surface area is 129 Å². The Hall–Kier alpha value is -1.40. The van der Waals surface area contributed by atoms with Crippen LogP contribution in [0.1, 0.15) is 22.7 Å². The van der Waals surface area contributed by atoms with Crippen LogP contribution in [0.2, 0.25) is 0 Å². The highest BCUT2D eigenvalue weighted by molar-refractivity contribution is 9.10. The molecule has 0 amide bonds. The second-order valence-electron chi connectivity index (χ2n) is 4.63. The second kappa shape index (κ2) is 6.58. The molecule has 0 radical (unpaired) electrons. The number of hydrogen-bond donors (Lipinski definition) is 1. The van der Waals surface area contributed by atoms with E-state index in [0.29, 0.717) is 10.9 Å². The van der Waals surface area contributed by atoms with E-state index in [2.05, 4.69) is 26.2 Å². The Bertz CT molecular complexity index is 600. The van der Waals surface area contributed by atoms with Crippen LogP contribution in [0, 0.1) is 0 Å². The quantitative estimate of drug-likeness (QED) is 0.877. The lowest BCUT2D eigenvalue weighted by Gasteiger charge is -2.22. The van der Waals surface area contributed by atoms with E-state index >= 15 is 0 Å². The summed E-state index contributed by atoms with van der Waals surface area (Å²) in [7, 11) is 1.66. The number of rotatable bonds is 4. The van der Waals surface area contributed by atoms with E-state index in [0.717, 1.165) is 11.6 Å². The van der Waals surface area contributed by atoms with Crippen molar-refractivity contribution in [3.05, 3.63) is 63.9 Å². The van der Waals surface area contributed by atoms with E-state index in [4.69, 9.17) is 0 Å². The predicted molar refractivity (Wildman–Crippen MR) is 78.9 cm³/mol. The van der Waals surface area contributed by atoms with Gasteiger partial charge in [-0.25, -0.2) is 0 Å². The Balaban J connectivity index is 2.38. The number of nitrogens with zero attached hydrogens (tertiary/aromatic N) is 1. The molecule has 0 bridgehead atoms. The summed E-state index contributed by atoms with van der Waals surface area (Å²) in [6.07, 6.45) is -0.654. The minimum absolute atomic E-state index is 0.241. The third-order valence-electron chi connectivity index (χ3n) is 3.23. The van der Waals surface area contributed by atoms with E-state index in [9.17, 15) is 13.2 Å². The first-order chi connectivity index (χ1) is 9.91. The van der Waals surface area contributed by atoms with Gasteiger partial charge in [-0.15, -0.1) is 0 Å². The van der Waals surface area contributed by atoms with Crippen LogP contribution in [0.5, 0.6) is 0 Å². The van der Waals surface area contributed by atoms with Gasteiger partial charge in [0, 0.05) is 22.9 Å². The van der Waals surface area contributed by atoms with Crippen LogP contribution in [-0.4, -0.2) is 12.0 Å². The number of benzene rings is 1. The summed E-state index contributed by atoms with van der Waals surface area (Å²) in [5.41, 5.74) is 0.552. The van der Waals surface area contributed by atoms with Gasteiger partial charge in [0.15, 0.2) is 0 Å². The van der Waals surface area contributed by atoms with Gasteiger partial charge in [-0.3, -0.25) is 4.98 Å². The fourth-order valence-corrected chi connectivity index (χ4v) is 2.56. The lowest BCUT2D eigenvalue weighted by molar-refractivity contribution is -0.138. The van der Waals surface area contributed by atoms with Crippen molar-refractivity contribution < 1.29 is 13.2 Å². The van der Waals surface area contributed by atoms with Crippen molar-refractivity contribution in [2.24, 2.45) is 0 Å². The molecule has 1 aromatic carbocycles. The van der Waals surface area contributed by atoms with E-state index < -0.39 is 17.8 Å². The van der Waals surface area contributed by atoms with Crippen molar-refractivity contribution in [3.63, 3.8) is 0 Å². The molecule has 0 fully saturated rings. The van der Waals surface area contributed by atoms with Gasteiger partial charge in [0.2, 0.25) is 0 Å². The van der Waals surface area contributed by atoms with Gasteiger partial charge in [-0.05, 0) is 48.9 Å². The summed E-state index contributed by atoms with van der Waals surface area (Å²) < 4.78 is 40.0. The van der Waals surface area contributed by atoms with Gasteiger partial charge in [0.25, 0.3) is 0 Å². The molecule has 2 aromatic rings. The van der Waals surface area contributed by atoms with Gasteiger partial charge in [0.1, 0.15) is 0 Å². The Morgan fingerprint density at radius 1 is 1.19 bits per heavy atom. The van der Waals surface area contributed by atoms with Gasteiger partial charge >= 0.3 is 6.18 Å². The van der Waals surface area contributed by atoms with Gasteiger partial charge in [-0.2, -0.15) is 13.2 Å². The minimum Gasteiger partial charge on any atom is -0.313 e. The van der Waals surface area contributed by atoms with Crippen LogP contribution in [0.4, 0.5) is 13.2 Å². The third kappa shape index (κ3) is 4.04. The third-order valence-corrected chi connectivity index (χ3v) is 3.73. The van der Waals surface area contributed by atoms with Gasteiger partial charge < -0.3 is 5.32 Å². The number of aromatic nitrogens is 1. The molecule has 1 aromatic heterocycles. The number of pyridine rings is 1. The van der Waals surface area contributed by atoms with Gasteiger partial charge in [0.05, 0.1) is 5.56 Å². The number of halogens is 4. The second-order valence-corrected chi connectivity index (χ2v) is 5.55. The number of hydrogen-bond acceptors (Lipinski definition) is 2. The lowest BCUT2D eigenvalue weighted by Crippen LogP contribution is -2.23. The molecule has 0 aliphatic carbocycles. The molecule has 112 valence electrons. The standard InChI is InChI=1S/C15H14BrF3N2/c1-20-14(8-10-4-6-21-7-5-10)12-3-2-11(16)9-13(12)15(17,18)19/h2-7,9,14,20H,8H2,1H3. The van der Waals surface area contributed by atoms with Crippen molar-refractivity contribution in [3.8, 4) is 0 Å². The molecule has 1 atom stereocenters. The Kier molecular flexibility index (Phi) is 5.00. The number of alkyl halides is 3. The van der Waals surface area contributed by atoms with E-state index in [1.807, 2.05) is 0 Å². The lowest BCUT2D eigenvalue weighted by atomic mass is 9.95. The summed E-state index contributed by atoms with van der Waals surface area (Å²) in [6, 6.07) is 7.44. The van der Waals surface area contributed by atoms with Crippen LogP contribution >= 0.6 is 15.9 Å². The Morgan fingerprint density at radius 3 is 2.43 bits per heavy atom. The van der Waals surface area contributed by atoms with Crippen LogP contribution in [-0.2, 0) is 12.6 Å². The normalized spacial score (nSPS) is 13.2. The van der Waals surface area contributed by atoms with E-state index in [1.54, 1.807) is 37.6 Å². The fourth-order valence-electron chi connectivity index (χ4n) is 2.20. The summed E-state index contributed by atoms with van der Waals surface area (Å²) in [5, 5.41) is 2.96. The first kappa shape index (κ1) is 16.0. The SMILES string of the molecule is CNC(Cc1ccncc1)c1ccc(Br)cc1C(F)(F)F. The molecule has 0 aliphatic heterocycles. The topological polar surface area (TPSA) is 24.9 Å². The minimum atomic E-state index is -4.38. The molecule has 0 aliphatic rings. The maximum absolute atomic E-state index is 13.2. The predicted octanol–water partition coefficient (Wildman–Crippen LogP) is 4.37. The molecular formula is C15H14BrF3N2. The average molecular weight is 359 g/mol. The number of likely N-dealkylation sites (N-methyl/N-ethyl adjacent to an activating group) is 1. The molecular weight excluding hydrogens is 345 g/mol. The molecule has 2 rings (SSSR count). The van der Waals surface area contributed by atoms with Crippen molar-refractivity contribution in [2.75, 3.05) is 7.05 Å². The fraction of sp³-hybridized carbons (Fsp3) is 0.267. The van der Waals surface area contributed by atoms with Crippen LogP contribution in [0.25, 0.3) is 0 Å². The molecule has 1 unspecified atom stereocenters. The zero-order chi connectivity index (χ0) is 15.5. The van der Waals surface area contributed by atoms with E-state index in [-0.39, 0.29) is 5.56 Å². The first-order valence-corrected chi connectivity index (χ1v) is 7.14. The molecule has 1 N–H and O–H groups in total. The zero-order valence-electron chi connectivity index (χ0n) is 11.3. The maximum Gasteiger partial charge on any atom is 0.416 e. The molecule has 0 saturated carbocycles. The van der Waals surface area contributed by atoms with Crippen molar-refractivity contribution in [1.82, 2.24) is 10.3 Å². The largest absolute Gasteiger partial charge is 0.416 e. The Morgan fingerprint density at radius 2 is 1.86 bits per heavy atom. The van der Waals surface area contributed by atoms with Crippen molar-refractivity contribution >= 4 is 15.9 Å². The van der Waals surface area contributed by atoms with Crippen molar-refractivity contribution in [1.29, 1.82) is 0 Å². The average Bonchev–Trinajstić information content (AvgIpc) is 2.45. The smallest absolute Gasteiger partial charge is 0.313 e. The van der Waals surface area contributed by atoms with Crippen molar-refractivity contribution in [2.45, 2.75) is 18.6 Å². The highest BCUT2D eigenvalue weighted by atomic mass is 79.9. The summed E-state index contributed by atoms with van der Waals surface area (Å²) >= 11 is 3.10. The summed E-state index contributed by atoms with van der Waals surface area (Å²) in [4.78, 5) is 3.91. The molecule has 1 heterocycles. The summed E-state index contributed by atoms with van der Waals surface area (Å²) in [5.74, 6) is 0. The summed E-state index contributed by atoms with van der Waals surface area (Å²) in [6.45, 7) is 0. The van der Waals surface area contributed by atoms with Crippen LogP contribution in [0.15, 0.2) is 47.2 Å². The molecule has 6 heteroatoms. The van der Waals surface area contributed by atoms with Gasteiger partial charge in [-0.1, -0.05) is 22.0 Å².